The zero-order valence-electron chi connectivity index (χ0n) is 9.82. The lowest BCUT2D eigenvalue weighted by Gasteiger charge is -2.05. The van der Waals surface area contributed by atoms with Gasteiger partial charge in [-0.3, -0.25) is 4.79 Å². The molecular formula is C13H16O2S. The smallest absolute Gasteiger partial charge is 0.186 e. The van der Waals surface area contributed by atoms with Crippen LogP contribution in [0.2, 0.25) is 0 Å². The largest absolute Gasteiger partial charge is 0.496 e. The molecule has 0 fully saturated rings. The average molecular weight is 236 g/mol. The summed E-state index contributed by atoms with van der Waals surface area (Å²) in [5.74, 6) is 1.57. The van der Waals surface area contributed by atoms with E-state index >= 15 is 0 Å². The van der Waals surface area contributed by atoms with Crippen LogP contribution in [0.25, 0.3) is 6.08 Å². The highest BCUT2D eigenvalue weighted by Gasteiger charge is 1.99. The molecule has 0 aliphatic rings. The average Bonchev–Trinajstić information content (AvgIpc) is 2.25. The molecule has 2 nitrogen and oxygen atoms in total. The van der Waals surface area contributed by atoms with Gasteiger partial charge in [0.25, 0.3) is 0 Å². The Morgan fingerprint density at radius 1 is 1.50 bits per heavy atom. The quantitative estimate of drug-likeness (QED) is 0.802. The molecule has 0 aliphatic heterocycles. The summed E-state index contributed by atoms with van der Waals surface area (Å²) in [6.45, 7) is 3.60. The first-order valence-corrected chi connectivity index (χ1v) is 6.06. The highest BCUT2D eigenvalue weighted by molar-refractivity contribution is 8.13. The Balaban J connectivity index is 2.69. The molecule has 0 aromatic heterocycles. The molecule has 0 bridgehead atoms. The van der Waals surface area contributed by atoms with Crippen LogP contribution in [0.4, 0.5) is 0 Å². The van der Waals surface area contributed by atoms with Gasteiger partial charge in [0, 0.05) is 18.2 Å². The SMILES string of the molecule is COc1cc(C)ccc1C=CCSC(C)=O. The molecule has 0 spiro atoms. The minimum Gasteiger partial charge on any atom is -0.496 e. The number of carbonyl (C=O) groups is 1. The van der Waals surface area contributed by atoms with Gasteiger partial charge < -0.3 is 4.74 Å². The summed E-state index contributed by atoms with van der Waals surface area (Å²) in [4.78, 5) is 10.7. The lowest BCUT2D eigenvalue weighted by molar-refractivity contribution is -0.109. The van der Waals surface area contributed by atoms with Crippen molar-refractivity contribution < 1.29 is 9.53 Å². The van der Waals surface area contributed by atoms with Crippen LogP contribution in [0.5, 0.6) is 5.75 Å². The van der Waals surface area contributed by atoms with Crippen LogP contribution in [0.15, 0.2) is 24.3 Å². The fraction of sp³-hybridized carbons (Fsp3) is 0.308. The number of benzene rings is 1. The summed E-state index contributed by atoms with van der Waals surface area (Å²) in [6, 6.07) is 6.06. The van der Waals surface area contributed by atoms with Gasteiger partial charge in [-0.25, -0.2) is 0 Å². The van der Waals surface area contributed by atoms with E-state index in [1.165, 1.54) is 17.3 Å². The maximum absolute atomic E-state index is 10.7. The van der Waals surface area contributed by atoms with Crippen molar-refractivity contribution in [2.75, 3.05) is 12.9 Å². The van der Waals surface area contributed by atoms with Crippen molar-refractivity contribution in [1.82, 2.24) is 0 Å². The second kappa shape index (κ2) is 6.38. The molecule has 0 unspecified atom stereocenters. The van der Waals surface area contributed by atoms with Gasteiger partial charge in [-0.2, -0.15) is 0 Å². The Labute approximate surface area is 101 Å². The number of aryl methyl sites for hydroxylation is 1. The van der Waals surface area contributed by atoms with E-state index in [0.29, 0.717) is 5.75 Å². The number of thioether (sulfide) groups is 1. The molecule has 0 atom stereocenters. The molecule has 0 saturated heterocycles. The monoisotopic (exact) mass is 236 g/mol. The van der Waals surface area contributed by atoms with Gasteiger partial charge in [0.05, 0.1) is 7.11 Å². The van der Waals surface area contributed by atoms with Crippen molar-refractivity contribution >= 4 is 23.0 Å². The van der Waals surface area contributed by atoms with Crippen LogP contribution in [0.1, 0.15) is 18.1 Å². The third-order valence-electron chi connectivity index (χ3n) is 2.07. The Morgan fingerprint density at radius 2 is 2.25 bits per heavy atom. The maximum Gasteiger partial charge on any atom is 0.186 e. The van der Waals surface area contributed by atoms with Crippen molar-refractivity contribution in [3.8, 4) is 5.75 Å². The second-order valence-electron chi connectivity index (χ2n) is 3.45. The standard InChI is InChI=1S/C13H16O2S/c1-10-6-7-12(13(9-10)15-3)5-4-8-16-11(2)14/h4-7,9H,8H2,1-3H3. The van der Waals surface area contributed by atoms with E-state index in [4.69, 9.17) is 4.74 Å². The fourth-order valence-electron chi connectivity index (χ4n) is 1.30. The Hall–Kier alpha value is -1.22. The summed E-state index contributed by atoms with van der Waals surface area (Å²) >= 11 is 1.30. The summed E-state index contributed by atoms with van der Waals surface area (Å²) < 4.78 is 5.28. The van der Waals surface area contributed by atoms with Crippen LogP contribution in [-0.4, -0.2) is 18.0 Å². The Bertz CT molecular complexity index is 397. The van der Waals surface area contributed by atoms with Gasteiger partial charge in [0.15, 0.2) is 5.12 Å². The maximum atomic E-state index is 10.7. The molecule has 0 N–H and O–H groups in total. The number of rotatable bonds is 4. The lowest BCUT2D eigenvalue weighted by atomic mass is 10.1. The molecule has 0 aliphatic carbocycles. The summed E-state index contributed by atoms with van der Waals surface area (Å²) in [6.07, 6.45) is 3.95. The molecule has 1 aromatic carbocycles. The predicted molar refractivity (Wildman–Crippen MR) is 69.9 cm³/mol. The number of methoxy groups -OCH3 is 1. The normalized spacial score (nSPS) is 10.7. The summed E-state index contributed by atoms with van der Waals surface area (Å²) in [5, 5.41) is 0.139. The molecule has 0 radical (unpaired) electrons. The number of hydrogen-bond acceptors (Lipinski definition) is 3. The van der Waals surface area contributed by atoms with Gasteiger partial charge in [0.1, 0.15) is 5.75 Å². The third kappa shape index (κ3) is 4.11. The summed E-state index contributed by atoms with van der Waals surface area (Å²) in [7, 11) is 1.66. The van der Waals surface area contributed by atoms with Crippen molar-refractivity contribution in [2.24, 2.45) is 0 Å². The number of ether oxygens (including phenoxy) is 1. The van der Waals surface area contributed by atoms with E-state index in [1.807, 2.05) is 37.3 Å². The van der Waals surface area contributed by atoms with Crippen LogP contribution in [0, 0.1) is 6.92 Å². The van der Waals surface area contributed by atoms with E-state index in [1.54, 1.807) is 14.0 Å². The van der Waals surface area contributed by atoms with Crippen LogP contribution >= 0.6 is 11.8 Å². The summed E-state index contributed by atoms with van der Waals surface area (Å²) in [5.41, 5.74) is 2.21. The number of hydrogen-bond donors (Lipinski definition) is 0. The molecule has 0 amide bonds. The van der Waals surface area contributed by atoms with Gasteiger partial charge >= 0.3 is 0 Å². The minimum atomic E-state index is 0.139. The highest BCUT2D eigenvalue weighted by atomic mass is 32.2. The zero-order valence-corrected chi connectivity index (χ0v) is 10.6. The molecular weight excluding hydrogens is 220 g/mol. The van der Waals surface area contributed by atoms with E-state index in [-0.39, 0.29) is 5.12 Å². The van der Waals surface area contributed by atoms with E-state index in [9.17, 15) is 4.79 Å². The van der Waals surface area contributed by atoms with Gasteiger partial charge in [-0.15, -0.1) is 0 Å². The molecule has 1 aromatic rings. The predicted octanol–water partition coefficient (Wildman–Crippen LogP) is 3.30. The molecule has 3 heteroatoms. The van der Waals surface area contributed by atoms with Crippen molar-refractivity contribution in [1.29, 1.82) is 0 Å². The fourth-order valence-corrected chi connectivity index (χ4v) is 1.72. The van der Waals surface area contributed by atoms with Crippen LogP contribution in [-0.2, 0) is 4.79 Å². The Kier molecular flexibility index (Phi) is 5.12. The first-order chi connectivity index (χ1) is 7.63. The Morgan fingerprint density at radius 3 is 2.88 bits per heavy atom. The molecule has 0 saturated carbocycles. The topological polar surface area (TPSA) is 26.3 Å². The van der Waals surface area contributed by atoms with E-state index in [2.05, 4.69) is 0 Å². The van der Waals surface area contributed by atoms with Gasteiger partial charge in [-0.05, 0) is 18.6 Å². The molecule has 16 heavy (non-hydrogen) atoms. The van der Waals surface area contributed by atoms with Crippen molar-refractivity contribution in [3.63, 3.8) is 0 Å². The van der Waals surface area contributed by atoms with Gasteiger partial charge in [-0.1, -0.05) is 36.0 Å². The minimum absolute atomic E-state index is 0.139. The van der Waals surface area contributed by atoms with E-state index in [0.717, 1.165) is 11.3 Å². The molecule has 86 valence electrons. The van der Waals surface area contributed by atoms with Gasteiger partial charge in [0.2, 0.25) is 0 Å². The second-order valence-corrected chi connectivity index (χ2v) is 4.65. The first kappa shape index (κ1) is 12.8. The van der Waals surface area contributed by atoms with Crippen LogP contribution < -0.4 is 4.74 Å². The van der Waals surface area contributed by atoms with Crippen molar-refractivity contribution in [3.05, 3.63) is 35.4 Å². The highest BCUT2D eigenvalue weighted by Crippen LogP contribution is 2.21. The zero-order chi connectivity index (χ0) is 12.0. The lowest BCUT2D eigenvalue weighted by Crippen LogP contribution is -1.88. The number of carbonyl (C=O) groups excluding carboxylic acids is 1. The molecule has 1 rings (SSSR count). The van der Waals surface area contributed by atoms with E-state index < -0.39 is 0 Å². The van der Waals surface area contributed by atoms with Crippen molar-refractivity contribution in [2.45, 2.75) is 13.8 Å². The first-order valence-electron chi connectivity index (χ1n) is 5.08. The van der Waals surface area contributed by atoms with Crippen LogP contribution in [0.3, 0.4) is 0 Å². The molecule has 0 heterocycles. The third-order valence-corrected chi connectivity index (χ3v) is 2.83.